The molecule has 0 unspecified atom stereocenters. The van der Waals surface area contributed by atoms with Crippen LogP contribution in [-0.4, -0.2) is 17.2 Å². The second-order valence-corrected chi connectivity index (χ2v) is 3.36. The second-order valence-electron chi connectivity index (χ2n) is 3.36. The summed E-state index contributed by atoms with van der Waals surface area (Å²) in [6.07, 6.45) is 3.32. The number of urea groups is 1. The van der Waals surface area contributed by atoms with Crippen LogP contribution < -0.4 is 10.7 Å². The van der Waals surface area contributed by atoms with Crippen LogP contribution in [0.1, 0.15) is 5.69 Å². The third-order valence-corrected chi connectivity index (χ3v) is 2.14. The molecule has 0 bridgehead atoms. The molecule has 0 fully saturated rings. The number of nitrogens with two attached hydrogens (primary N) is 1. The zero-order chi connectivity index (χ0) is 12.1. The molecular formula is C12H12N4O. The van der Waals surface area contributed by atoms with Gasteiger partial charge in [-0.15, -0.1) is 0 Å². The fourth-order valence-corrected chi connectivity index (χ4v) is 1.36. The van der Waals surface area contributed by atoms with Gasteiger partial charge in [-0.2, -0.15) is 10.1 Å². The van der Waals surface area contributed by atoms with Crippen LogP contribution in [0.5, 0.6) is 0 Å². The monoisotopic (exact) mass is 228 g/mol. The molecule has 1 heterocycles. The van der Waals surface area contributed by atoms with Crippen LogP contribution in [0.2, 0.25) is 0 Å². The van der Waals surface area contributed by atoms with E-state index >= 15 is 0 Å². The van der Waals surface area contributed by atoms with Gasteiger partial charge in [0.25, 0.3) is 0 Å². The number of aromatic amines is 1. The standard InChI is InChI=1S/C12H12N4O/c13-12(17)16(11-6-2-1-3-7-11)15-9-10-5-4-8-14-10/h1-9,14H,(H2,13,17)/b15-9+. The zero-order valence-electron chi connectivity index (χ0n) is 9.08. The van der Waals surface area contributed by atoms with Crippen LogP contribution in [0, 0.1) is 0 Å². The average Bonchev–Trinajstić information content (AvgIpc) is 2.83. The molecule has 0 aliphatic carbocycles. The van der Waals surface area contributed by atoms with E-state index in [-0.39, 0.29) is 0 Å². The molecule has 0 spiro atoms. The van der Waals surface area contributed by atoms with Crippen molar-refractivity contribution in [2.24, 2.45) is 10.8 Å². The maximum atomic E-state index is 11.3. The number of carbonyl (C=O) groups excluding carboxylic acids is 1. The number of nitrogens with one attached hydrogen (secondary N) is 1. The van der Waals surface area contributed by atoms with Crippen LogP contribution in [-0.2, 0) is 0 Å². The van der Waals surface area contributed by atoms with Crippen LogP contribution >= 0.6 is 0 Å². The molecule has 0 saturated carbocycles. The number of hydrazone groups is 1. The van der Waals surface area contributed by atoms with E-state index in [1.807, 2.05) is 30.3 Å². The van der Waals surface area contributed by atoms with Crippen molar-refractivity contribution in [2.45, 2.75) is 0 Å². The molecule has 0 aliphatic heterocycles. The van der Waals surface area contributed by atoms with Crippen molar-refractivity contribution in [3.8, 4) is 0 Å². The second kappa shape index (κ2) is 4.98. The van der Waals surface area contributed by atoms with Crippen molar-refractivity contribution >= 4 is 17.9 Å². The Morgan fingerprint density at radius 2 is 2.00 bits per heavy atom. The maximum absolute atomic E-state index is 11.3. The number of anilines is 1. The number of carbonyl (C=O) groups is 1. The van der Waals surface area contributed by atoms with Crippen molar-refractivity contribution in [3.05, 3.63) is 54.4 Å². The molecule has 1 aromatic heterocycles. The van der Waals surface area contributed by atoms with Crippen molar-refractivity contribution in [1.29, 1.82) is 0 Å². The molecule has 2 aromatic rings. The number of hydrogen-bond acceptors (Lipinski definition) is 2. The Hall–Kier alpha value is -2.56. The van der Waals surface area contributed by atoms with E-state index in [4.69, 9.17) is 5.73 Å². The summed E-state index contributed by atoms with van der Waals surface area (Å²) in [6.45, 7) is 0. The Morgan fingerprint density at radius 1 is 1.24 bits per heavy atom. The van der Waals surface area contributed by atoms with E-state index in [0.29, 0.717) is 5.69 Å². The number of hydrogen-bond donors (Lipinski definition) is 2. The normalized spacial score (nSPS) is 10.6. The van der Waals surface area contributed by atoms with E-state index < -0.39 is 6.03 Å². The summed E-state index contributed by atoms with van der Waals surface area (Å²) < 4.78 is 0. The summed E-state index contributed by atoms with van der Waals surface area (Å²) in [4.78, 5) is 14.2. The van der Waals surface area contributed by atoms with Gasteiger partial charge in [0.1, 0.15) is 0 Å². The number of nitrogens with zero attached hydrogens (tertiary/aromatic N) is 2. The molecule has 0 aliphatic rings. The highest BCUT2D eigenvalue weighted by Gasteiger charge is 2.09. The molecule has 0 radical (unpaired) electrons. The van der Waals surface area contributed by atoms with Gasteiger partial charge in [-0.05, 0) is 24.3 Å². The van der Waals surface area contributed by atoms with Crippen LogP contribution in [0.15, 0.2) is 53.8 Å². The predicted molar refractivity (Wildman–Crippen MR) is 66.9 cm³/mol. The topological polar surface area (TPSA) is 74.5 Å². The number of H-pyrrole nitrogens is 1. The van der Waals surface area contributed by atoms with Gasteiger partial charge in [0.05, 0.1) is 17.6 Å². The van der Waals surface area contributed by atoms with Gasteiger partial charge >= 0.3 is 6.03 Å². The third kappa shape index (κ3) is 2.72. The number of para-hydroxylation sites is 1. The van der Waals surface area contributed by atoms with Gasteiger partial charge in [-0.3, -0.25) is 0 Å². The van der Waals surface area contributed by atoms with E-state index in [1.165, 1.54) is 6.21 Å². The minimum Gasteiger partial charge on any atom is -0.360 e. The first-order chi connectivity index (χ1) is 8.27. The minimum atomic E-state index is -0.626. The smallest absolute Gasteiger partial charge is 0.340 e. The summed E-state index contributed by atoms with van der Waals surface area (Å²) in [5, 5.41) is 5.18. The molecule has 86 valence electrons. The van der Waals surface area contributed by atoms with Crippen molar-refractivity contribution in [3.63, 3.8) is 0 Å². The molecule has 5 heteroatoms. The van der Waals surface area contributed by atoms with E-state index in [1.54, 1.807) is 18.3 Å². The highest BCUT2D eigenvalue weighted by Crippen LogP contribution is 2.12. The van der Waals surface area contributed by atoms with Gasteiger partial charge < -0.3 is 10.7 Å². The SMILES string of the molecule is NC(=O)N(/N=C/c1ccc[nH]1)c1ccccc1. The van der Waals surface area contributed by atoms with E-state index in [9.17, 15) is 4.79 Å². The largest absolute Gasteiger partial charge is 0.360 e. The fraction of sp³-hybridized carbons (Fsp3) is 0. The van der Waals surface area contributed by atoms with Gasteiger partial charge in [0, 0.05) is 6.20 Å². The van der Waals surface area contributed by atoms with Crippen LogP contribution in [0.25, 0.3) is 0 Å². The van der Waals surface area contributed by atoms with Gasteiger partial charge in [0.2, 0.25) is 0 Å². The summed E-state index contributed by atoms with van der Waals surface area (Å²) in [5.41, 5.74) is 6.70. The average molecular weight is 228 g/mol. The molecule has 1 aromatic carbocycles. The minimum absolute atomic E-state index is 0.626. The lowest BCUT2D eigenvalue weighted by molar-refractivity contribution is 0.254. The lowest BCUT2D eigenvalue weighted by Gasteiger charge is -2.13. The molecule has 5 nitrogen and oxygen atoms in total. The molecule has 0 saturated heterocycles. The number of aromatic nitrogens is 1. The number of benzene rings is 1. The number of rotatable bonds is 3. The Balaban J connectivity index is 2.22. The maximum Gasteiger partial charge on any atom is 0.340 e. The van der Waals surface area contributed by atoms with Crippen molar-refractivity contribution in [1.82, 2.24) is 4.98 Å². The number of amides is 2. The van der Waals surface area contributed by atoms with Gasteiger partial charge in [-0.25, -0.2) is 4.79 Å². The molecule has 0 atom stereocenters. The third-order valence-electron chi connectivity index (χ3n) is 2.14. The Kier molecular flexibility index (Phi) is 3.20. The first kappa shape index (κ1) is 10.9. The first-order valence-corrected chi connectivity index (χ1v) is 5.09. The predicted octanol–water partition coefficient (Wildman–Crippen LogP) is 1.93. The van der Waals surface area contributed by atoms with E-state index in [2.05, 4.69) is 10.1 Å². The number of primary amides is 1. The van der Waals surface area contributed by atoms with Gasteiger partial charge in [0.15, 0.2) is 0 Å². The quantitative estimate of drug-likeness (QED) is 0.611. The molecule has 17 heavy (non-hydrogen) atoms. The molecule has 2 amide bonds. The summed E-state index contributed by atoms with van der Waals surface area (Å²) in [6, 6.07) is 12.1. The summed E-state index contributed by atoms with van der Waals surface area (Å²) in [7, 11) is 0. The highest BCUT2D eigenvalue weighted by molar-refractivity contribution is 5.92. The summed E-state index contributed by atoms with van der Waals surface area (Å²) in [5.74, 6) is 0. The Bertz CT molecular complexity index is 505. The molecule has 2 rings (SSSR count). The first-order valence-electron chi connectivity index (χ1n) is 5.09. The van der Waals surface area contributed by atoms with Gasteiger partial charge in [-0.1, -0.05) is 18.2 Å². The van der Waals surface area contributed by atoms with Crippen LogP contribution in [0.3, 0.4) is 0 Å². The summed E-state index contributed by atoms with van der Waals surface area (Å²) >= 11 is 0. The van der Waals surface area contributed by atoms with E-state index in [0.717, 1.165) is 10.7 Å². The lowest BCUT2D eigenvalue weighted by atomic mass is 10.3. The fourth-order valence-electron chi connectivity index (χ4n) is 1.36. The van der Waals surface area contributed by atoms with Crippen LogP contribution in [0.4, 0.5) is 10.5 Å². The highest BCUT2D eigenvalue weighted by atomic mass is 16.2. The molecule has 3 N–H and O–H groups in total. The molecular weight excluding hydrogens is 216 g/mol. The Labute approximate surface area is 98.6 Å². The zero-order valence-corrected chi connectivity index (χ0v) is 9.08. The Morgan fingerprint density at radius 3 is 2.59 bits per heavy atom. The lowest BCUT2D eigenvalue weighted by Crippen LogP contribution is -2.31. The van der Waals surface area contributed by atoms with Crippen molar-refractivity contribution < 1.29 is 4.79 Å². The van der Waals surface area contributed by atoms with Crippen molar-refractivity contribution in [2.75, 3.05) is 5.01 Å².